The molecular formula is C22H27N3O4S. The van der Waals surface area contributed by atoms with Gasteiger partial charge in [0.1, 0.15) is 22.4 Å². The summed E-state index contributed by atoms with van der Waals surface area (Å²) in [7, 11) is -2.01. The number of aromatic nitrogens is 1. The number of hydrogen-bond acceptors (Lipinski definition) is 6. The summed E-state index contributed by atoms with van der Waals surface area (Å²) in [6.45, 7) is 4.21. The summed E-state index contributed by atoms with van der Waals surface area (Å²) < 4.78 is 34.2. The van der Waals surface area contributed by atoms with Crippen LogP contribution in [0.1, 0.15) is 25.1 Å². The number of aliphatic hydroxyl groups is 1. The van der Waals surface area contributed by atoms with Gasteiger partial charge in [0.2, 0.25) is 10.0 Å². The highest BCUT2D eigenvalue weighted by Gasteiger charge is 2.37. The molecule has 1 aliphatic rings. The summed E-state index contributed by atoms with van der Waals surface area (Å²) in [6, 6.07) is 9.78. The Morgan fingerprint density at radius 2 is 2.13 bits per heavy atom. The van der Waals surface area contributed by atoms with Crippen molar-refractivity contribution < 1.29 is 18.3 Å². The maximum atomic E-state index is 13.4. The molecule has 1 aliphatic heterocycles. The van der Waals surface area contributed by atoms with Crippen LogP contribution in [0.4, 0.5) is 0 Å². The number of pyridine rings is 1. The molecule has 8 heteroatoms. The molecule has 2 aromatic rings. The number of hydrogen-bond donors (Lipinski definition) is 2. The topological polar surface area (TPSA) is 91.8 Å². The van der Waals surface area contributed by atoms with E-state index in [9.17, 15) is 13.5 Å². The lowest BCUT2D eigenvalue weighted by atomic mass is 10.0. The maximum absolute atomic E-state index is 13.4. The largest absolute Gasteiger partial charge is 0.487 e. The number of ether oxygens (including phenoxy) is 1. The van der Waals surface area contributed by atoms with Crippen molar-refractivity contribution in [3.05, 3.63) is 53.9 Å². The van der Waals surface area contributed by atoms with E-state index in [-0.39, 0.29) is 35.8 Å². The van der Waals surface area contributed by atoms with Crippen molar-refractivity contribution in [1.82, 2.24) is 14.6 Å². The Bertz CT molecular complexity index is 1030. The van der Waals surface area contributed by atoms with Crippen molar-refractivity contribution in [2.45, 2.75) is 30.9 Å². The summed E-state index contributed by atoms with van der Waals surface area (Å²) in [5, 5.41) is 12.7. The van der Waals surface area contributed by atoms with Crippen LogP contribution in [0.2, 0.25) is 0 Å². The van der Waals surface area contributed by atoms with E-state index in [4.69, 9.17) is 4.74 Å². The molecule has 0 aliphatic carbocycles. The van der Waals surface area contributed by atoms with Crippen molar-refractivity contribution in [1.29, 1.82) is 0 Å². The second-order valence-electron chi connectivity index (χ2n) is 7.42. The van der Waals surface area contributed by atoms with Crippen LogP contribution < -0.4 is 10.1 Å². The van der Waals surface area contributed by atoms with E-state index in [2.05, 4.69) is 22.1 Å². The van der Waals surface area contributed by atoms with Gasteiger partial charge in [-0.25, -0.2) is 13.4 Å². The highest BCUT2D eigenvalue weighted by Crippen LogP contribution is 2.33. The third kappa shape index (κ3) is 4.82. The lowest BCUT2D eigenvalue weighted by Gasteiger charge is -2.36. The Kier molecular flexibility index (Phi) is 7.10. The zero-order chi connectivity index (χ0) is 21.7. The van der Waals surface area contributed by atoms with Crippen LogP contribution in [-0.2, 0) is 10.0 Å². The van der Waals surface area contributed by atoms with Crippen molar-refractivity contribution in [3.8, 4) is 17.6 Å². The average Bonchev–Trinajstić information content (AvgIpc) is 2.75. The maximum Gasteiger partial charge on any atom is 0.247 e. The molecular weight excluding hydrogens is 402 g/mol. The molecule has 30 heavy (non-hydrogen) atoms. The van der Waals surface area contributed by atoms with E-state index in [0.29, 0.717) is 17.8 Å². The molecule has 3 atom stereocenters. The number of nitrogens with zero attached hydrogens (tertiary/aromatic N) is 2. The van der Waals surface area contributed by atoms with Gasteiger partial charge < -0.3 is 15.2 Å². The van der Waals surface area contributed by atoms with Gasteiger partial charge in [0.05, 0.1) is 6.61 Å². The normalized spacial score (nSPS) is 21.9. The Hall–Kier alpha value is -2.44. The van der Waals surface area contributed by atoms with Gasteiger partial charge in [-0.05, 0) is 50.2 Å². The zero-order valence-corrected chi connectivity index (χ0v) is 18.2. The van der Waals surface area contributed by atoms with Crippen LogP contribution in [0.25, 0.3) is 0 Å². The van der Waals surface area contributed by atoms with E-state index in [1.54, 1.807) is 31.3 Å². The van der Waals surface area contributed by atoms with Gasteiger partial charge in [-0.3, -0.25) is 0 Å². The first kappa shape index (κ1) is 22.2. The first-order valence-corrected chi connectivity index (χ1v) is 11.3. The summed E-state index contributed by atoms with van der Waals surface area (Å²) in [5.41, 5.74) is 1.26. The number of nitrogens with one attached hydrogen (secondary N) is 1. The fourth-order valence-electron chi connectivity index (χ4n) is 3.32. The lowest BCUT2D eigenvalue weighted by Crippen LogP contribution is -2.49. The van der Waals surface area contributed by atoms with E-state index >= 15 is 0 Å². The third-order valence-electron chi connectivity index (χ3n) is 5.07. The predicted octanol–water partition coefficient (Wildman–Crippen LogP) is 1.47. The fraction of sp³-hybridized carbons (Fsp3) is 0.409. The van der Waals surface area contributed by atoms with Crippen LogP contribution in [0.15, 0.2) is 47.5 Å². The van der Waals surface area contributed by atoms with Gasteiger partial charge in [-0.15, -0.1) is 0 Å². The predicted molar refractivity (Wildman–Crippen MR) is 115 cm³/mol. The number of rotatable bonds is 4. The SMILES string of the molecule is CNC[C@@H]1Oc2cc(C#Cc3ccccn3)ccc2S(=O)(=O)N([C@@H](C)CO)C[C@H]1C. The summed E-state index contributed by atoms with van der Waals surface area (Å²) in [6.07, 6.45) is 1.43. The molecule has 7 nitrogen and oxygen atoms in total. The minimum absolute atomic E-state index is 0.0826. The van der Waals surface area contributed by atoms with Gasteiger partial charge >= 0.3 is 0 Å². The molecule has 160 valence electrons. The molecule has 0 unspecified atom stereocenters. The van der Waals surface area contributed by atoms with Gasteiger partial charge in [-0.2, -0.15) is 4.31 Å². The second-order valence-corrected chi connectivity index (χ2v) is 9.28. The Balaban J connectivity index is 2.07. The van der Waals surface area contributed by atoms with Crippen LogP contribution in [-0.4, -0.2) is 61.7 Å². The second kappa shape index (κ2) is 9.58. The lowest BCUT2D eigenvalue weighted by molar-refractivity contribution is 0.103. The fourth-order valence-corrected chi connectivity index (χ4v) is 5.15. The molecule has 0 fully saturated rings. The highest BCUT2D eigenvalue weighted by atomic mass is 32.2. The van der Waals surface area contributed by atoms with Gasteiger partial charge in [0, 0.05) is 36.8 Å². The van der Waals surface area contributed by atoms with Crippen molar-refractivity contribution in [2.75, 3.05) is 26.7 Å². The van der Waals surface area contributed by atoms with Crippen molar-refractivity contribution in [3.63, 3.8) is 0 Å². The number of benzene rings is 1. The molecule has 2 N–H and O–H groups in total. The standard InChI is InChI=1S/C22H27N3O4S/c1-16-14-25(17(2)15-26)30(27,28)22-10-8-18(7-9-19-6-4-5-11-24-19)12-20(22)29-21(16)13-23-3/h4-6,8,10-12,16-17,21,23,26H,13-15H2,1-3H3/t16-,17+,21+/m1/s1. The highest BCUT2D eigenvalue weighted by molar-refractivity contribution is 7.89. The van der Waals surface area contributed by atoms with Crippen molar-refractivity contribution >= 4 is 10.0 Å². The molecule has 1 aromatic carbocycles. The molecule has 0 amide bonds. The van der Waals surface area contributed by atoms with Crippen LogP contribution in [0.3, 0.4) is 0 Å². The molecule has 0 bridgehead atoms. The van der Waals surface area contributed by atoms with Gasteiger partial charge in [0.15, 0.2) is 0 Å². The summed E-state index contributed by atoms with van der Waals surface area (Å²) in [5.74, 6) is 6.18. The minimum atomic E-state index is -3.84. The minimum Gasteiger partial charge on any atom is -0.487 e. The number of sulfonamides is 1. The van der Waals surface area contributed by atoms with E-state index in [1.165, 1.54) is 10.4 Å². The van der Waals surface area contributed by atoms with Crippen LogP contribution in [0.5, 0.6) is 5.75 Å². The van der Waals surface area contributed by atoms with Gasteiger partial charge in [-0.1, -0.05) is 18.9 Å². The molecule has 0 saturated heterocycles. The molecule has 0 spiro atoms. The van der Waals surface area contributed by atoms with E-state index in [1.807, 2.05) is 26.1 Å². The quantitative estimate of drug-likeness (QED) is 0.716. The van der Waals surface area contributed by atoms with Crippen LogP contribution in [0, 0.1) is 17.8 Å². The van der Waals surface area contributed by atoms with E-state index < -0.39 is 16.1 Å². The number of likely N-dealkylation sites (N-methyl/N-ethyl adjacent to an activating group) is 1. The Morgan fingerprint density at radius 1 is 1.33 bits per heavy atom. The summed E-state index contributed by atoms with van der Waals surface area (Å²) in [4.78, 5) is 4.26. The smallest absolute Gasteiger partial charge is 0.247 e. The number of aliphatic hydroxyl groups excluding tert-OH is 1. The Morgan fingerprint density at radius 3 is 2.80 bits per heavy atom. The van der Waals surface area contributed by atoms with E-state index in [0.717, 1.165) is 0 Å². The summed E-state index contributed by atoms with van der Waals surface area (Å²) >= 11 is 0. The number of fused-ring (bicyclic) bond motifs is 1. The van der Waals surface area contributed by atoms with Gasteiger partial charge in [0.25, 0.3) is 0 Å². The van der Waals surface area contributed by atoms with Crippen LogP contribution >= 0.6 is 0 Å². The zero-order valence-electron chi connectivity index (χ0n) is 17.4. The Labute approximate surface area is 178 Å². The molecule has 0 radical (unpaired) electrons. The monoisotopic (exact) mass is 429 g/mol. The molecule has 0 saturated carbocycles. The first-order chi connectivity index (χ1) is 14.4. The average molecular weight is 430 g/mol. The molecule has 2 heterocycles. The molecule has 1 aromatic heterocycles. The first-order valence-electron chi connectivity index (χ1n) is 9.88. The third-order valence-corrected chi connectivity index (χ3v) is 7.09. The van der Waals surface area contributed by atoms with Crippen molar-refractivity contribution in [2.24, 2.45) is 5.92 Å². The molecule has 3 rings (SSSR count).